The van der Waals surface area contributed by atoms with E-state index in [4.69, 9.17) is 4.42 Å². The molecule has 2 aromatic heterocycles. The molecule has 0 fully saturated rings. The van der Waals surface area contributed by atoms with Crippen LogP contribution < -0.4 is 0 Å². The van der Waals surface area contributed by atoms with Gasteiger partial charge in [0.25, 0.3) is 0 Å². The number of thioether (sulfide) groups is 1. The van der Waals surface area contributed by atoms with Crippen LogP contribution in [0.2, 0.25) is 0 Å². The third-order valence-electron chi connectivity index (χ3n) is 2.93. The van der Waals surface area contributed by atoms with Gasteiger partial charge >= 0.3 is 0 Å². The first-order valence-corrected chi connectivity index (χ1v) is 8.01. The zero-order valence-corrected chi connectivity index (χ0v) is 12.1. The summed E-state index contributed by atoms with van der Waals surface area (Å²) in [7, 11) is 0. The molecule has 4 rings (SSSR count). The summed E-state index contributed by atoms with van der Waals surface area (Å²) in [5, 5.41) is 0. The highest BCUT2D eigenvalue weighted by molar-refractivity contribution is 8.00. The highest BCUT2D eigenvalue weighted by Crippen LogP contribution is 2.31. The van der Waals surface area contributed by atoms with Crippen molar-refractivity contribution in [1.29, 1.82) is 0 Å². The van der Waals surface area contributed by atoms with Crippen molar-refractivity contribution in [3.63, 3.8) is 0 Å². The van der Waals surface area contributed by atoms with E-state index in [0.717, 1.165) is 26.8 Å². The zero-order chi connectivity index (χ0) is 13.4. The van der Waals surface area contributed by atoms with E-state index in [0.29, 0.717) is 5.75 Å². The summed E-state index contributed by atoms with van der Waals surface area (Å²) < 4.78 is 7.97. The first kappa shape index (κ1) is 11.9. The van der Waals surface area contributed by atoms with Crippen LogP contribution in [0, 0.1) is 0 Å². The first-order valence-electron chi connectivity index (χ1n) is 6.21. The van der Waals surface area contributed by atoms with Crippen molar-refractivity contribution in [2.45, 2.75) is 10.1 Å². The van der Waals surface area contributed by atoms with E-state index in [1.807, 2.05) is 42.5 Å². The van der Waals surface area contributed by atoms with Crippen LogP contribution in [0.25, 0.3) is 21.3 Å². The van der Waals surface area contributed by atoms with Crippen LogP contribution in [0.1, 0.15) is 5.89 Å². The maximum atomic E-state index is 5.71. The summed E-state index contributed by atoms with van der Waals surface area (Å²) >= 11 is 3.37. The molecule has 0 aliphatic heterocycles. The highest BCUT2D eigenvalue weighted by Gasteiger charge is 2.08. The van der Waals surface area contributed by atoms with Crippen molar-refractivity contribution >= 4 is 44.4 Å². The average Bonchev–Trinajstić information content (AvgIpc) is 3.07. The standard InChI is InChI=1S/C15H10N2OS2/c1-3-7-12-10(5-1)16-14(18-12)9-19-15-17-11-6-2-4-8-13(11)20-15/h1-8H,9H2. The van der Waals surface area contributed by atoms with E-state index < -0.39 is 0 Å². The Kier molecular flexibility index (Phi) is 2.94. The van der Waals surface area contributed by atoms with E-state index in [1.165, 1.54) is 4.70 Å². The second-order valence-electron chi connectivity index (χ2n) is 4.31. The van der Waals surface area contributed by atoms with Crippen LogP contribution in [0.15, 0.2) is 57.3 Å². The molecule has 2 aromatic carbocycles. The minimum Gasteiger partial charge on any atom is -0.440 e. The molecular formula is C15H10N2OS2. The Balaban J connectivity index is 1.57. The smallest absolute Gasteiger partial charge is 0.205 e. The third-order valence-corrected chi connectivity index (χ3v) is 5.10. The molecule has 0 spiro atoms. The fraction of sp³-hybridized carbons (Fsp3) is 0.0667. The maximum Gasteiger partial charge on any atom is 0.205 e. The van der Waals surface area contributed by atoms with Crippen LogP contribution in [0.3, 0.4) is 0 Å². The molecule has 0 saturated carbocycles. The van der Waals surface area contributed by atoms with Crippen molar-refractivity contribution in [2.75, 3.05) is 0 Å². The third kappa shape index (κ3) is 2.19. The highest BCUT2D eigenvalue weighted by atomic mass is 32.2. The van der Waals surface area contributed by atoms with Gasteiger partial charge in [-0.2, -0.15) is 0 Å². The SMILES string of the molecule is c1ccc2oc(CSc3nc4ccccc4s3)nc2c1. The van der Waals surface area contributed by atoms with Crippen LogP contribution >= 0.6 is 23.1 Å². The van der Waals surface area contributed by atoms with E-state index in [1.54, 1.807) is 23.1 Å². The summed E-state index contributed by atoms with van der Waals surface area (Å²) in [6.45, 7) is 0. The van der Waals surface area contributed by atoms with Gasteiger partial charge in [-0.1, -0.05) is 36.0 Å². The first-order chi connectivity index (χ1) is 9.88. The van der Waals surface area contributed by atoms with Gasteiger partial charge in [-0.3, -0.25) is 0 Å². The van der Waals surface area contributed by atoms with Crippen LogP contribution in [-0.2, 0) is 5.75 Å². The molecule has 0 bridgehead atoms. The molecule has 0 aliphatic carbocycles. The lowest BCUT2D eigenvalue weighted by Crippen LogP contribution is -1.78. The molecule has 0 amide bonds. The van der Waals surface area contributed by atoms with Crippen molar-refractivity contribution in [2.24, 2.45) is 0 Å². The Morgan fingerprint density at radius 1 is 0.950 bits per heavy atom. The molecule has 0 atom stereocenters. The fourth-order valence-electron chi connectivity index (χ4n) is 2.02. The molecule has 0 aliphatic rings. The molecule has 0 saturated heterocycles. The molecule has 5 heteroatoms. The Morgan fingerprint density at radius 2 is 1.75 bits per heavy atom. The summed E-state index contributed by atoms with van der Waals surface area (Å²) in [4.78, 5) is 9.06. The van der Waals surface area contributed by atoms with Gasteiger partial charge in [-0.15, -0.1) is 11.3 Å². The fourth-order valence-corrected chi connectivity index (χ4v) is 3.93. The minimum absolute atomic E-state index is 0.703. The van der Waals surface area contributed by atoms with Gasteiger partial charge in [-0.05, 0) is 24.3 Å². The summed E-state index contributed by atoms with van der Waals surface area (Å²) in [6.07, 6.45) is 0. The van der Waals surface area contributed by atoms with Crippen molar-refractivity contribution in [3.05, 3.63) is 54.4 Å². The number of fused-ring (bicyclic) bond motifs is 2. The summed E-state index contributed by atoms with van der Waals surface area (Å²) in [6, 6.07) is 16.0. The second kappa shape index (κ2) is 4.92. The molecule has 98 valence electrons. The largest absolute Gasteiger partial charge is 0.440 e. The number of nitrogens with zero attached hydrogens (tertiary/aromatic N) is 2. The Hall–Kier alpha value is -1.85. The van der Waals surface area contributed by atoms with Crippen molar-refractivity contribution < 1.29 is 4.42 Å². The molecule has 3 nitrogen and oxygen atoms in total. The summed E-state index contributed by atoms with van der Waals surface area (Å²) in [5.41, 5.74) is 2.80. The Bertz CT molecular complexity index is 741. The lowest BCUT2D eigenvalue weighted by Gasteiger charge is -1.91. The van der Waals surface area contributed by atoms with E-state index in [9.17, 15) is 0 Å². The Morgan fingerprint density at radius 3 is 2.60 bits per heavy atom. The van der Waals surface area contributed by atoms with Gasteiger partial charge in [0.05, 0.1) is 16.0 Å². The second-order valence-corrected chi connectivity index (χ2v) is 6.56. The predicted octanol–water partition coefficient (Wildman–Crippen LogP) is 4.73. The van der Waals surface area contributed by atoms with E-state index >= 15 is 0 Å². The molecule has 0 N–H and O–H groups in total. The van der Waals surface area contributed by atoms with Gasteiger partial charge < -0.3 is 4.42 Å². The number of hydrogen-bond acceptors (Lipinski definition) is 5. The monoisotopic (exact) mass is 298 g/mol. The molecule has 4 aromatic rings. The van der Waals surface area contributed by atoms with Crippen LogP contribution in [0.4, 0.5) is 0 Å². The van der Waals surface area contributed by atoms with Crippen LogP contribution in [0.5, 0.6) is 0 Å². The van der Waals surface area contributed by atoms with Crippen LogP contribution in [-0.4, -0.2) is 9.97 Å². The number of hydrogen-bond donors (Lipinski definition) is 0. The molecule has 0 unspecified atom stereocenters. The van der Waals surface area contributed by atoms with Gasteiger partial charge in [0, 0.05) is 0 Å². The number of oxazole rings is 1. The lowest BCUT2D eigenvalue weighted by molar-refractivity contribution is 0.556. The van der Waals surface area contributed by atoms with Crippen molar-refractivity contribution in [1.82, 2.24) is 9.97 Å². The van der Waals surface area contributed by atoms with Gasteiger partial charge in [-0.25, -0.2) is 9.97 Å². The molecule has 20 heavy (non-hydrogen) atoms. The van der Waals surface area contributed by atoms with E-state index in [-0.39, 0.29) is 0 Å². The van der Waals surface area contributed by atoms with Gasteiger partial charge in [0.15, 0.2) is 9.92 Å². The van der Waals surface area contributed by atoms with Gasteiger partial charge in [0.2, 0.25) is 5.89 Å². The number of thiazole rings is 1. The van der Waals surface area contributed by atoms with Crippen molar-refractivity contribution in [3.8, 4) is 0 Å². The number of para-hydroxylation sites is 3. The zero-order valence-electron chi connectivity index (χ0n) is 10.4. The normalized spacial score (nSPS) is 11.4. The minimum atomic E-state index is 0.703. The molecular weight excluding hydrogens is 288 g/mol. The lowest BCUT2D eigenvalue weighted by atomic mass is 10.3. The number of benzene rings is 2. The quantitative estimate of drug-likeness (QED) is 0.513. The van der Waals surface area contributed by atoms with Gasteiger partial charge in [0.1, 0.15) is 5.52 Å². The molecule has 0 radical (unpaired) electrons. The molecule has 2 heterocycles. The maximum absolute atomic E-state index is 5.71. The number of rotatable bonds is 3. The topological polar surface area (TPSA) is 38.9 Å². The predicted molar refractivity (Wildman–Crippen MR) is 83.2 cm³/mol. The number of aromatic nitrogens is 2. The Labute approximate surface area is 123 Å². The van der Waals surface area contributed by atoms with E-state index in [2.05, 4.69) is 16.0 Å². The summed E-state index contributed by atoms with van der Waals surface area (Å²) in [5.74, 6) is 1.45. The average molecular weight is 298 g/mol.